The first-order valence-corrected chi connectivity index (χ1v) is 12.7. The Balaban J connectivity index is 1.52. The molecule has 1 aliphatic heterocycles. The third-order valence-corrected chi connectivity index (χ3v) is 7.53. The fraction of sp³-hybridized carbons (Fsp3) is 0.231. The van der Waals surface area contributed by atoms with Crippen LogP contribution in [-0.4, -0.2) is 43.3 Å². The number of fused-ring (bicyclic) bond motifs is 1. The van der Waals surface area contributed by atoms with Crippen LogP contribution in [0.1, 0.15) is 10.4 Å². The van der Waals surface area contributed by atoms with E-state index in [0.717, 1.165) is 49.3 Å². The van der Waals surface area contributed by atoms with Gasteiger partial charge >= 0.3 is 0 Å². The second-order valence-corrected chi connectivity index (χ2v) is 9.94. The maximum atomic E-state index is 9.75. The van der Waals surface area contributed by atoms with Crippen LogP contribution >= 0.6 is 34.5 Å². The Hall–Kier alpha value is -2.86. The van der Waals surface area contributed by atoms with Gasteiger partial charge in [0.05, 0.1) is 52.8 Å². The van der Waals surface area contributed by atoms with Gasteiger partial charge in [0.15, 0.2) is 0 Å². The third-order valence-electron chi connectivity index (χ3n) is 6.02. The summed E-state index contributed by atoms with van der Waals surface area (Å²) in [7, 11) is 1.54. The largest absolute Gasteiger partial charge is 0.495 e. The molecule has 1 N–H and O–H groups in total. The molecular weight excluding hydrogens is 503 g/mol. The minimum atomic E-state index is 0.413. The van der Waals surface area contributed by atoms with Gasteiger partial charge in [-0.15, -0.1) is 11.3 Å². The van der Waals surface area contributed by atoms with E-state index in [1.54, 1.807) is 36.8 Å². The van der Waals surface area contributed by atoms with E-state index in [2.05, 4.69) is 44.8 Å². The van der Waals surface area contributed by atoms with Gasteiger partial charge in [-0.25, -0.2) is 0 Å². The molecule has 6 nitrogen and oxygen atoms in total. The zero-order valence-electron chi connectivity index (χ0n) is 19.0. The molecule has 1 saturated heterocycles. The summed E-state index contributed by atoms with van der Waals surface area (Å²) in [6.07, 6.45) is 1.58. The summed E-state index contributed by atoms with van der Waals surface area (Å²) >= 11 is 14.4. The highest BCUT2D eigenvalue weighted by Gasteiger charge is 2.17. The molecule has 178 valence electrons. The molecule has 4 aromatic rings. The average Bonchev–Trinajstić information content (AvgIpc) is 3.34. The predicted octanol–water partition coefficient (Wildman–Crippen LogP) is 6.73. The van der Waals surface area contributed by atoms with Crippen molar-refractivity contribution < 1.29 is 9.47 Å². The van der Waals surface area contributed by atoms with Crippen molar-refractivity contribution in [2.24, 2.45) is 0 Å². The van der Waals surface area contributed by atoms with E-state index in [9.17, 15) is 5.26 Å². The van der Waals surface area contributed by atoms with Crippen LogP contribution in [0.4, 0.5) is 11.4 Å². The molecule has 5 rings (SSSR count). The number of pyridine rings is 1. The smallest absolute Gasteiger partial charge is 0.139 e. The number of benzene rings is 2. The molecule has 2 aromatic heterocycles. The fourth-order valence-electron chi connectivity index (χ4n) is 4.18. The van der Waals surface area contributed by atoms with E-state index >= 15 is 0 Å². The topological polar surface area (TPSA) is 70.4 Å². The lowest BCUT2D eigenvalue weighted by Crippen LogP contribution is -2.35. The van der Waals surface area contributed by atoms with Crippen molar-refractivity contribution in [1.29, 1.82) is 5.26 Å². The highest BCUT2D eigenvalue weighted by Crippen LogP contribution is 2.39. The quantitative estimate of drug-likeness (QED) is 0.301. The van der Waals surface area contributed by atoms with Gasteiger partial charge in [-0.05, 0) is 34.7 Å². The van der Waals surface area contributed by atoms with Gasteiger partial charge in [0.2, 0.25) is 0 Å². The van der Waals surface area contributed by atoms with E-state index in [1.165, 1.54) is 10.4 Å². The number of hydrogen-bond donors (Lipinski definition) is 1. The minimum absolute atomic E-state index is 0.413. The molecule has 0 saturated carbocycles. The molecular formula is C26H22Cl2N4O2S. The normalized spacial score (nSPS) is 14.1. The van der Waals surface area contributed by atoms with Gasteiger partial charge in [0.1, 0.15) is 11.8 Å². The van der Waals surface area contributed by atoms with Gasteiger partial charge in [-0.3, -0.25) is 9.88 Å². The molecule has 0 radical (unpaired) electrons. The highest BCUT2D eigenvalue weighted by atomic mass is 35.5. The summed E-state index contributed by atoms with van der Waals surface area (Å²) < 4.78 is 10.8. The van der Waals surface area contributed by atoms with Crippen LogP contribution < -0.4 is 10.1 Å². The third kappa shape index (κ3) is 4.94. The Morgan fingerprint density at radius 2 is 2.00 bits per heavy atom. The molecule has 0 atom stereocenters. The van der Waals surface area contributed by atoms with Crippen LogP contribution in [0.15, 0.2) is 48.0 Å². The minimum Gasteiger partial charge on any atom is -0.495 e. The van der Waals surface area contributed by atoms with Crippen LogP contribution in [0.25, 0.3) is 22.0 Å². The van der Waals surface area contributed by atoms with Crippen LogP contribution in [0.2, 0.25) is 10.0 Å². The molecule has 9 heteroatoms. The molecule has 0 spiro atoms. The number of halogens is 2. The van der Waals surface area contributed by atoms with Crippen LogP contribution in [0.3, 0.4) is 0 Å². The molecule has 1 fully saturated rings. The number of hydrogen-bond acceptors (Lipinski definition) is 7. The lowest BCUT2D eigenvalue weighted by Gasteiger charge is -2.26. The van der Waals surface area contributed by atoms with Crippen molar-refractivity contribution in [2.45, 2.75) is 6.54 Å². The number of nitrogens with zero attached hydrogens (tertiary/aromatic N) is 3. The second kappa shape index (κ2) is 10.4. The maximum Gasteiger partial charge on any atom is 0.139 e. The van der Waals surface area contributed by atoms with Gasteiger partial charge in [-0.1, -0.05) is 35.3 Å². The van der Waals surface area contributed by atoms with Gasteiger partial charge in [0, 0.05) is 42.2 Å². The fourth-order valence-corrected chi connectivity index (χ4v) is 5.63. The van der Waals surface area contributed by atoms with Gasteiger partial charge < -0.3 is 14.8 Å². The number of nitrogens with one attached hydrogen (secondary N) is 1. The van der Waals surface area contributed by atoms with E-state index in [4.69, 9.17) is 32.7 Å². The zero-order chi connectivity index (χ0) is 24.4. The molecule has 35 heavy (non-hydrogen) atoms. The SMILES string of the molecule is COc1cc(Nc2c(C#N)cnc3cc(-c4ccsc4CN4CCOCC4)ccc23)c(Cl)cc1Cl. The van der Waals surface area contributed by atoms with Crippen molar-refractivity contribution in [3.05, 3.63) is 68.5 Å². The van der Waals surface area contributed by atoms with Crippen molar-refractivity contribution in [1.82, 2.24) is 9.88 Å². The molecule has 3 heterocycles. The first-order chi connectivity index (χ1) is 17.1. The summed E-state index contributed by atoms with van der Waals surface area (Å²) in [6, 6.07) is 13.9. The summed E-state index contributed by atoms with van der Waals surface area (Å²) in [5.41, 5.74) is 4.72. The lowest BCUT2D eigenvalue weighted by atomic mass is 10.0. The molecule has 0 amide bonds. The number of thiophene rings is 1. The number of nitriles is 1. The number of rotatable bonds is 6. The molecule has 1 aliphatic rings. The number of aromatic nitrogens is 1. The van der Waals surface area contributed by atoms with Gasteiger partial charge in [0.25, 0.3) is 0 Å². The lowest BCUT2D eigenvalue weighted by molar-refractivity contribution is 0.0347. The van der Waals surface area contributed by atoms with E-state index < -0.39 is 0 Å². The molecule has 0 aliphatic carbocycles. The Kier molecular flexibility index (Phi) is 7.09. The number of methoxy groups -OCH3 is 1. The Morgan fingerprint density at radius 1 is 1.17 bits per heavy atom. The molecule has 0 unspecified atom stereocenters. The molecule has 2 aromatic carbocycles. The summed E-state index contributed by atoms with van der Waals surface area (Å²) in [5.74, 6) is 0.489. The zero-order valence-corrected chi connectivity index (χ0v) is 21.3. The molecule has 0 bridgehead atoms. The Labute approximate surface area is 217 Å². The number of morpholine rings is 1. The van der Waals surface area contributed by atoms with E-state index in [-0.39, 0.29) is 0 Å². The number of ether oxygens (including phenoxy) is 2. The van der Waals surface area contributed by atoms with E-state index in [0.29, 0.717) is 32.7 Å². The average molecular weight is 525 g/mol. The first kappa shape index (κ1) is 23.9. The van der Waals surface area contributed by atoms with Crippen molar-refractivity contribution >= 4 is 56.8 Å². The Bertz CT molecular complexity index is 1430. The first-order valence-electron chi connectivity index (χ1n) is 11.1. The summed E-state index contributed by atoms with van der Waals surface area (Å²) in [5, 5.41) is 16.8. The van der Waals surface area contributed by atoms with Crippen LogP contribution in [0.5, 0.6) is 5.75 Å². The summed E-state index contributed by atoms with van der Waals surface area (Å²) in [6.45, 7) is 4.35. The van der Waals surface area contributed by atoms with Gasteiger partial charge in [-0.2, -0.15) is 5.26 Å². The second-order valence-electron chi connectivity index (χ2n) is 8.13. The maximum absolute atomic E-state index is 9.75. The Morgan fingerprint density at radius 3 is 2.77 bits per heavy atom. The van der Waals surface area contributed by atoms with E-state index in [1.807, 2.05) is 6.07 Å². The van der Waals surface area contributed by atoms with Crippen LogP contribution in [0, 0.1) is 11.3 Å². The van der Waals surface area contributed by atoms with Crippen molar-refractivity contribution in [3.63, 3.8) is 0 Å². The highest BCUT2D eigenvalue weighted by molar-refractivity contribution is 7.10. The summed E-state index contributed by atoms with van der Waals surface area (Å²) in [4.78, 5) is 8.31. The van der Waals surface area contributed by atoms with Crippen molar-refractivity contribution in [2.75, 3.05) is 38.7 Å². The van der Waals surface area contributed by atoms with Crippen molar-refractivity contribution in [3.8, 4) is 22.9 Å². The standard InChI is InChI=1S/C26H22Cl2N4O2S/c1-33-24-12-23(20(27)11-21(24)28)31-26-17(13-29)14-30-22-10-16(2-3-19(22)26)18-4-9-35-25(18)15-32-5-7-34-8-6-32/h2-4,9-12,14H,5-8,15H2,1H3,(H,30,31). The predicted molar refractivity (Wildman–Crippen MR) is 142 cm³/mol. The monoisotopic (exact) mass is 524 g/mol. The van der Waals surface area contributed by atoms with Crippen LogP contribution in [-0.2, 0) is 11.3 Å². The number of anilines is 2.